The Morgan fingerprint density at radius 2 is 2.00 bits per heavy atom. The van der Waals surface area contributed by atoms with E-state index in [0.29, 0.717) is 5.92 Å². The molecule has 2 heteroatoms. The molecule has 0 aliphatic rings. The number of aryl methyl sites for hydroxylation is 1. The van der Waals surface area contributed by atoms with E-state index < -0.39 is 0 Å². The number of benzene rings is 1. The summed E-state index contributed by atoms with van der Waals surface area (Å²) in [7, 11) is 0. The van der Waals surface area contributed by atoms with Crippen LogP contribution in [0.2, 0.25) is 0 Å². The van der Waals surface area contributed by atoms with E-state index in [9.17, 15) is 4.39 Å². The lowest BCUT2D eigenvalue weighted by Gasteiger charge is -2.04. The van der Waals surface area contributed by atoms with Gasteiger partial charge in [0.15, 0.2) is 0 Å². The molecule has 0 radical (unpaired) electrons. The van der Waals surface area contributed by atoms with Gasteiger partial charge in [0.2, 0.25) is 0 Å². The second-order valence-electron chi connectivity index (χ2n) is 4.01. The summed E-state index contributed by atoms with van der Waals surface area (Å²) in [6.45, 7) is 6.29. The Kier molecular flexibility index (Phi) is 2.06. The Labute approximate surface area is 82.9 Å². The Hall–Kier alpha value is -1.31. The Balaban J connectivity index is 2.79. The van der Waals surface area contributed by atoms with Crippen LogP contribution in [0.4, 0.5) is 4.39 Å². The minimum absolute atomic E-state index is 0.168. The molecule has 0 aliphatic carbocycles. The van der Waals surface area contributed by atoms with E-state index in [4.69, 9.17) is 0 Å². The van der Waals surface area contributed by atoms with Crippen molar-refractivity contribution in [3.8, 4) is 0 Å². The van der Waals surface area contributed by atoms with E-state index in [-0.39, 0.29) is 5.82 Å². The van der Waals surface area contributed by atoms with Crippen molar-refractivity contribution in [3.63, 3.8) is 0 Å². The number of aromatic nitrogens is 1. The van der Waals surface area contributed by atoms with Gasteiger partial charge in [0, 0.05) is 16.6 Å². The van der Waals surface area contributed by atoms with Gasteiger partial charge >= 0.3 is 0 Å². The van der Waals surface area contributed by atoms with Gasteiger partial charge in [-0.05, 0) is 36.6 Å². The molecule has 2 rings (SSSR count). The maximum absolute atomic E-state index is 13.1. The summed E-state index contributed by atoms with van der Waals surface area (Å²) in [5.41, 5.74) is 3.38. The first-order valence-corrected chi connectivity index (χ1v) is 4.87. The molecule has 0 fully saturated rings. The first-order valence-electron chi connectivity index (χ1n) is 4.87. The van der Waals surface area contributed by atoms with Gasteiger partial charge in [0.1, 0.15) is 5.82 Å². The third-order valence-electron chi connectivity index (χ3n) is 2.58. The second-order valence-corrected chi connectivity index (χ2v) is 4.01. The molecule has 2 aromatic rings. The summed E-state index contributed by atoms with van der Waals surface area (Å²) in [4.78, 5) is 3.27. The van der Waals surface area contributed by atoms with Crippen LogP contribution in [0, 0.1) is 12.7 Å². The summed E-state index contributed by atoms with van der Waals surface area (Å²) in [5, 5.41) is 1.01. The van der Waals surface area contributed by atoms with Crippen molar-refractivity contribution in [1.82, 2.24) is 4.98 Å². The summed E-state index contributed by atoms with van der Waals surface area (Å²) in [6, 6.07) is 4.89. The van der Waals surface area contributed by atoms with Crippen molar-refractivity contribution in [2.45, 2.75) is 26.7 Å². The molecule has 1 N–H and O–H groups in total. The minimum atomic E-state index is -0.168. The molecule has 0 bridgehead atoms. The van der Waals surface area contributed by atoms with Crippen LogP contribution in [0.5, 0.6) is 0 Å². The highest BCUT2D eigenvalue weighted by molar-refractivity contribution is 5.85. The lowest BCUT2D eigenvalue weighted by molar-refractivity contribution is 0.629. The van der Waals surface area contributed by atoms with Crippen molar-refractivity contribution < 1.29 is 4.39 Å². The van der Waals surface area contributed by atoms with Gasteiger partial charge in [0.05, 0.1) is 0 Å². The van der Waals surface area contributed by atoms with Crippen molar-refractivity contribution in [2.75, 3.05) is 0 Å². The molecule has 0 atom stereocenters. The minimum Gasteiger partial charge on any atom is -0.358 e. The molecule has 0 amide bonds. The van der Waals surface area contributed by atoms with Crippen molar-refractivity contribution in [1.29, 1.82) is 0 Å². The predicted molar refractivity (Wildman–Crippen MR) is 57.1 cm³/mol. The van der Waals surface area contributed by atoms with E-state index in [1.807, 2.05) is 6.92 Å². The monoisotopic (exact) mass is 191 g/mol. The Morgan fingerprint density at radius 1 is 1.29 bits per heavy atom. The molecule has 74 valence electrons. The Bertz CT molecular complexity index is 468. The maximum atomic E-state index is 13.1. The molecule has 1 aromatic carbocycles. The average Bonchev–Trinajstić information content (AvgIpc) is 2.40. The highest BCUT2D eigenvalue weighted by Gasteiger charge is 2.11. The molecule has 1 aromatic heterocycles. The number of aromatic amines is 1. The van der Waals surface area contributed by atoms with Gasteiger partial charge in [-0.15, -0.1) is 0 Å². The van der Waals surface area contributed by atoms with Gasteiger partial charge in [-0.2, -0.15) is 0 Å². The number of halogens is 1. The SMILES string of the molecule is Cc1[nH]c2ccc(F)cc2c1C(C)C. The molecule has 0 saturated carbocycles. The van der Waals surface area contributed by atoms with Crippen LogP contribution in [0.15, 0.2) is 18.2 Å². The van der Waals surface area contributed by atoms with E-state index in [1.54, 1.807) is 12.1 Å². The molecule has 0 aliphatic heterocycles. The highest BCUT2D eigenvalue weighted by atomic mass is 19.1. The summed E-state index contributed by atoms with van der Waals surface area (Å²) < 4.78 is 13.1. The van der Waals surface area contributed by atoms with Crippen LogP contribution in [-0.4, -0.2) is 4.98 Å². The topological polar surface area (TPSA) is 15.8 Å². The summed E-state index contributed by atoms with van der Waals surface area (Å²) >= 11 is 0. The number of nitrogens with one attached hydrogen (secondary N) is 1. The van der Waals surface area contributed by atoms with E-state index in [0.717, 1.165) is 16.6 Å². The smallest absolute Gasteiger partial charge is 0.123 e. The molecular formula is C12H14FN. The van der Waals surface area contributed by atoms with Gasteiger partial charge in [-0.25, -0.2) is 4.39 Å². The average molecular weight is 191 g/mol. The first kappa shape index (κ1) is 9.25. The number of rotatable bonds is 1. The van der Waals surface area contributed by atoms with Crippen molar-refractivity contribution in [3.05, 3.63) is 35.3 Å². The third kappa shape index (κ3) is 1.31. The fourth-order valence-electron chi connectivity index (χ4n) is 2.06. The highest BCUT2D eigenvalue weighted by Crippen LogP contribution is 2.28. The second kappa shape index (κ2) is 3.12. The van der Waals surface area contributed by atoms with Crippen molar-refractivity contribution in [2.24, 2.45) is 0 Å². The zero-order chi connectivity index (χ0) is 10.3. The van der Waals surface area contributed by atoms with Gasteiger partial charge < -0.3 is 4.98 Å². The van der Waals surface area contributed by atoms with Crippen LogP contribution < -0.4 is 0 Å². The molecule has 0 unspecified atom stereocenters. The zero-order valence-electron chi connectivity index (χ0n) is 8.69. The zero-order valence-corrected chi connectivity index (χ0v) is 8.69. The fourth-order valence-corrected chi connectivity index (χ4v) is 2.06. The Morgan fingerprint density at radius 3 is 2.64 bits per heavy atom. The molecule has 14 heavy (non-hydrogen) atoms. The third-order valence-corrected chi connectivity index (χ3v) is 2.58. The normalized spacial score (nSPS) is 11.5. The number of fused-ring (bicyclic) bond motifs is 1. The largest absolute Gasteiger partial charge is 0.358 e. The maximum Gasteiger partial charge on any atom is 0.123 e. The van der Waals surface area contributed by atoms with E-state index in [1.165, 1.54) is 11.6 Å². The van der Waals surface area contributed by atoms with Gasteiger partial charge in [-0.3, -0.25) is 0 Å². The summed E-state index contributed by atoms with van der Waals surface area (Å²) in [5.74, 6) is 0.254. The molecule has 0 spiro atoms. The van der Waals surface area contributed by atoms with Crippen LogP contribution in [-0.2, 0) is 0 Å². The summed E-state index contributed by atoms with van der Waals surface area (Å²) in [6.07, 6.45) is 0. The number of hydrogen-bond donors (Lipinski definition) is 1. The lowest BCUT2D eigenvalue weighted by Crippen LogP contribution is -1.88. The lowest BCUT2D eigenvalue weighted by atomic mass is 10.00. The van der Waals surface area contributed by atoms with Crippen LogP contribution in [0.25, 0.3) is 10.9 Å². The van der Waals surface area contributed by atoms with Gasteiger partial charge in [0.25, 0.3) is 0 Å². The molecular weight excluding hydrogens is 177 g/mol. The molecule has 1 heterocycles. The van der Waals surface area contributed by atoms with Crippen LogP contribution >= 0.6 is 0 Å². The van der Waals surface area contributed by atoms with Crippen LogP contribution in [0.3, 0.4) is 0 Å². The standard InChI is InChI=1S/C12H14FN/c1-7(2)12-8(3)14-11-5-4-9(13)6-10(11)12/h4-7,14H,1-3H3. The van der Waals surface area contributed by atoms with Crippen LogP contribution in [0.1, 0.15) is 31.0 Å². The van der Waals surface area contributed by atoms with Gasteiger partial charge in [-0.1, -0.05) is 13.8 Å². The number of hydrogen-bond acceptors (Lipinski definition) is 0. The predicted octanol–water partition coefficient (Wildman–Crippen LogP) is 3.74. The quantitative estimate of drug-likeness (QED) is 0.706. The van der Waals surface area contributed by atoms with E-state index >= 15 is 0 Å². The fraction of sp³-hybridized carbons (Fsp3) is 0.333. The number of H-pyrrole nitrogens is 1. The molecule has 1 nitrogen and oxygen atoms in total. The van der Waals surface area contributed by atoms with E-state index in [2.05, 4.69) is 18.8 Å². The molecule has 0 saturated heterocycles. The van der Waals surface area contributed by atoms with Crippen molar-refractivity contribution >= 4 is 10.9 Å². The first-order chi connectivity index (χ1) is 6.59.